The molecule has 0 saturated carbocycles. The molecular formula is C16H19N3O3S. The van der Waals surface area contributed by atoms with E-state index in [0.29, 0.717) is 23.7 Å². The maximum absolute atomic E-state index is 12.9. The van der Waals surface area contributed by atoms with Crippen molar-refractivity contribution in [3.8, 4) is 0 Å². The van der Waals surface area contributed by atoms with Gasteiger partial charge in [0, 0.05) is 19.3 Å². The molecular weight excluding hydrogens is 314 g/mol. The first-order valence-electron chi connectivity index (χ1n) is 7.44. The monoisotopic (exact) mass is 333 g/mol. The number of morpholine rings is 1. The van der Waals surface area contributed by atoms with Gasteiger partial charge in [-0.15, -0.1) is 0 Å². The van der Waals surface area contributed by atoms with Crippen LogP contribution in [0.3, 0.4) is 0 Å². The summed E-state index contributed by atoms with van der Waals surface area (Å²) in [6, 6.07) is 7.01. The quantitative estimate of drug-likeness (QED) is 0.857. The average molecular weight is 333 g/mol. The molecule has 1 atom stereocenters. The van der Waals surface area contributed by atoms with Gasteiger partial charge in [-0.1, -0.05) is 18.2 Å². The number of hydrogen-bond acceptors (Lipinski definition) is 5. The Bertz CT molecular complexity index is 790. The summed E-state index contributed by atoms with van der Waals surface area (Å²) >= 11 is 0. The van der Waals surface area contributed by atoms with Gasteiger partial charge < -0.3 is 4.74 Å². The van der Waals surface area contributed by atoms with Gasteiger partial charge in [-0.25, -0.2) is 8.42 Å². The number of ether oxygens (including phenoxy) is 1. The number of aromatic nitrogens is 2. The van der Waals surface area contributed by atoms with Crippen LogP contribution in [0.5, 0.6) is 0 Å². The molecule has 0 unspecified atom stereocenters. The second-order valence-corrected chi connectivity index (χ2v) is 7.48. The summed E-state index contributed by atoms with van der Waals surface area (Å²) in [5.74, 6) is 0. The van der Waals surface area contributed by atoms with Crippen LogP contribution in [0, 0.1) is 13.8 Å². The molecule has 1 aromatic heterocycles. The highest BCUT2D eigenvalue weighted by Gasteiger charge is 2.32. The lowest BCUT2D eigenvalue weighted by Crippen LogP contribution is -2.42. The maximum Gasteiger partial charge on any atom is 0.243 e. The van der Waals surface area contributed by atoms with E-state index in [2.05, 4.69) is 9.97 Å². The predicted octanol–water partition coefficient (Wildman–Crippen LogP) is 1.86. The molecule has 0 amide bonds. The molecule has 2 heterocycles. The molecule has 0 spiro atoms. The topological polar surface area (TPSA) is 72.4 Å². The van der Waals surface area contributed by atoms with Gasteiger partial charge in [0.05, 0.1) is 29.1 Å². The lowest BCUT2D eigenvalue weighted by molar-refractivity contribution is -0.00517. The molecule has 122 valence electrons. The van der Waals surface area contributed by atoms with E-state index in [1.165, 1.54) is 4.31 Å². The van der Waals surface area contributed by atoms with Gasteiger partial charge in [-0.3, -0.25) is 9.97 Å². The van der Waals surface area contributed by atoms with Crippen LogP contribution in [-0.4, -0.2) is 42.4 Å². The van der Waals surface area contributed by atoms with Crippen LogP contribution >= 0.6 is 0 Å². The molecule has 0 radical (unpaired) electrons. The van der Waals surface area contributed by atoms with Gasteiger partial charge in [-0.05, 0) is 25.5 Å². The molecule has 1 aromatic carbocycles. The van der Waals surface area contributed by atoms with E-state index in [0.717, 1.165) is 11.3 Å². The lowest BCUT2D eigenvalue weighted by Gasteiger charge is -2.32. The van der Waals surface area contributed by atoms with Gasteiger partial charge in [0.15, 0.2) is 0 Å². The van der Waals surface area contributed by atoms with Crippen molar-refractivity contribution < 1.29 is 13.2 Å². The molecule has 3 rings (SSSR count). The first-order chi connectivity index (χ1) is 11.0. The molecule has 0 aliphatic carbocycles. The first-order valence-corrected chi connectivity index (χ1v) is 8.88. The summed E-state index contributed by atoms with van der Waals surface area (Å²) in [6.45, 7) is 4.58. The Labute approximate surface area is 136 Å². The second-order valence-electron chi connectivity index (χ2n) is 5.57. The van der Waals surface area contributed by atoms with Crippen molar-refractivity contribution in [2.75, 3.05) is 19.7 Å². The van der Waals surface area contributed by atoms with E-state index in [1.54, 1.807) is 37.5 Å². The summed E-state index contributed by atoms with van der Waals surface area (Å²) in [6.07, 6.45) is 2.91. The number of benzene rings is 1. The van der Waals surface area contributed by atoms with Crippen LogP contribution in [0.1, 0.15) is 23.1 Å². The van der Waals surface area contributed by atoms with E-state index in [4.69, 9.17) is 4.74 Å². The van der Waals surface area contributed by atoms with Crippen molar-refractivity contribution in [1.82, 2.24) is 14.3 Å². The summed E-state index contributed by atoms with van der Waals surface area (Å²) in [5, 5.41) is 0. The zero-order chi connectivity index (χ0) is 16.4. The molecule has 1 aliphatic heterocycles. The van der Waals surface area contributed by atoms with Crippen LogP contribution in [0.25, 0.3) is 0 Å². The number of hydrogen-bond donors (Lipinski definition) is 0. The van der Waals surface area contributed by atoms with Gasteiger partial charge in [0.1, 0.15) is 6.10 Å². The summed E-state index contributed by atoms with van der Waals surface area (Å²) in [5.41, 5.74) is 2.21. The number of rotatable bonds is 3. The van der Waals surface area contributed by atoms with E-state index >= 15 is 0 Å². The van der Waals surface area contributed by atoms with Crippen molar-refractivity contribution in [1.29, 1.82) is 0 Å². The minimum Gasteiger partial charge on any atom is -0.369 e. The first kappa shape index (κ1) is 16.0. The Morgan fingerprint density at radius 1 is 1.17 bits per heavy atom. The predicted molar refractivity (Wildman–Crippen MR) is 85.4 cm³/mol. The third kappa shape index (κ3) is 3.26. The van der Waals surface area contributed by atoms with Gasteiger partial charge in [0.2, 0.25) is 10.0 Å². The Hall–Kier alpha value is -1.83. The third-order valence-corrected chi connectivity index (χ3v) is 5.90. The van der Waals surface area contributed by atoms with Crippen LogP contribution in [0.4, 0.5) is 0 Å². The fraction of sp³-hybridized carbons (Fsp3) is 0.375. The van der Waals surface area contributed by atoms with E-state index in [9.17, 15) is 8.42 Å². The van der Waals surface area contributed by atoms with Crippen LogP contribution in [0.2, 0.25) is 0 Å². The standard InChI is InChI=1S/C16H19N3O3S/c1-12-5-3-4-6-16(12)23(20,21)19-7-8-22-15(11-19)14-10-17-13(2)9-18-14/h3-6,9-10,15H,7-8,11H2,1-2H3/t15-/m1/s1. The molecule has 0 bridgehead atoms. The van der Waals surface area contributed by atoms with E-state index < -0.39 is 16.1 Å². The lowest BCUT2D eigenvalue weighted by atomic mass is 10.2. The highest BCUT2D eigenvalue weighted by molar-refractivity contribution is 7.89. The SMILES string of the molecule is Cc1cnc([C@H]2CN(S(=O)(=O)c3ccccc3C)CCO2)cn1. The zero-order valence-electron chi connectivity index (χ0n) is 13.1. The van der Waals surface area contributed by atoms with Crippen LogP contribution in [-0.2, 0) is 14.8 Å². The molecule has 7 heteroatoms. The Morgan fingerprint density at radius 3 is 2.65 bits per heavy atom. The molecule has 23 heavy (non-hydrogen) atoms. The van der Waals surface area contributed by atoms with Crippen molar-refractivity contribution in [2.45, 2.75) is 24.8 Å². The Morgan fingerprint density at radius 2 is 1.96 bits per heavy atom. The fourth-order valence-electron chi connectivity index (χ4n) is 2.58. The molecule has 1 aliphatic rings. The summed E-state index contributed by atoms with van der Waals surface area (Å²) in [4.78, 5) is 8.85. The maximum atomic E-state index is 12.9. The Kier molecular flexibility index (Phi) is 4.43. The molecule has 0 N–H and O–H groups in total. The minimum atomic E-state index is -3.54. The van der Waals surface area contributed by atoms with Crippen LogP contribution < -0.4 is 0 Å². The molecule has 6 nitrogen and oxygen atoms in total. The van der Waals surface area contributed by atoms with Crippen molar-refractivity contribution >= 4 is 10.0 Å². The number of aryl methyl sites for hydroxylation is 2. The highest BCUT2D eigenvalue weighted by atomic mass is 32.2. The highest BCUT2D eigenvalue weighted by Crippen LogP contribution is 2.26. The largest absolute Gasteiger partial charge is 0.369 e. The molecule has 1 fully saturated rings. The number of nitrogens with zero attached hydrogens (tertiary/aromatic N) is 3. The smallest absolute Gasteiger partial charge is 0.243 e. The van der Waals surface area contributed by atoms with Crippen molar-refractivity contribution in [3.05, 3.63) is 53.6 Å². The van der Waals surface area contributed by atoms with E-state index in [1.807, 2.05) is 13.0 Å². The van der Waals surface area contributed by atoms with Gasteiger partial charge in [-0.2, -0.15) is 4.31 Å². The third-order valence-electron chi connectivity index (χ3n) is 3.87. The van der Waals surface area contributed by atoms with Gasteiger partial charge in [0.25, 0.3) is 0 Å². The van der Waals surface area contributed by atoms with E-state index in [-0.39, 0.29) is 6.54 Å². The number of sulfonamides is 1. The Balaban J connectivity index is 1.86. The van der Waals surface area contributed by atoms with Crippen molar-refractivity contribution in [2.24, 2.45) is 0 Å². The molecule has 2 aromatic rings. The fourth-order valence-corrected chi connectivity index (χ4v) is 4.23. The summed E-state index contributed by atoms with van der Waals surface area (Å²) < 4.78 is 32.9. The molecule has 1 saturated heterocycles. The zero-order valence-corrected chi connectivity index (χ0v) is 14.0. The van der Waals surface area contributed by atoms with Crippen LogP contribution in [0.15, 0.2) is 41.6 Å². The minimum absolute atomic E-state index is 0.244. The van der Waals surface area contributed by atoms with Crippen molar-refractivity contribution in [3.63, 3.8) is 0 Å². The summed E-state index contributed by atoms with van der Waals surface area (Å²) in [7, 11) is -3.54. The van der Waals surface area contributed by atoms with Gasteiger partial charge >= 0.3 is 0 Å². The average Bonchev–Trinajstić information content (AvgIpc) is 2.56. The normalized spacial score (nSPS) is 19.7. The second kappa shape index (κ2) is 6.35.